The average Bonchev–Trinajstić information content (AvgIpc) is 2.50. The summed E-state index contributed by atoms with van der Waals surface area (Å²) in [6.07, 6.45) is 2.28. The molecule has 0 aromatic heterocycles. The zero-order chi connectivity index (χ0) is 13.7. The summed E-state index contributed by atoms with van der Waals surface area (Å²) in [5.41, 5.74) is 2.23. The number of aliphatic hydroxyl groups is 3. The number of hydrogen-bond acceptors (Lipinski definition) is 3. The van der Waals surface area contributed by atoms with Gasteiger partial charge in [0.15, 0.2) is 0 Å². The van der Waals surface area contributed by atoms with Crippen molar-refractivity contribution in [3.05, 3.63) is 24.3 Å². The Kier molecular flexibility index (Phi) is 3.32. The fraction of sp³-hybridized carbons (Fsp3) is 0.750. The topological polar surface area (TPSA) is 60.7 Å². The van der Waals surface area contributed by atoms with E-state index in [2.05, 4.69) is 13.2 Å². The van der Waals surface area contributed by atoms with Gasteiger partial charge in [-0.25, -0.2) is 0 Å². The molecule has 3 N–H and O–H groups in total. The van der Waals surface area contributed by atoms with Crippen LogP contribution in [0.5, 0.6) is 0 Å². The van der Waals surface area contributed by atoms with Crippen LogP contribution in [-0.4, -0.2) is 34.1 Å². The van der Waals surface area contributed by atoms with Crippen LogP contribution in [0.1, 0.15) is 25.7 Å². The molecule has 19 heavy (non-hydrogen) atoms. The van der Waals surface area contributed by atoms with Crippen LogP contribution in [0.25, 0.3) is 0 Å². The largest absolute Gasteiger partial charge is 0.396 e. The average molecular weight is 264 g/mol. The van der Waals surface area contributed by atoms with Gasteiger partial charge in [-0.2, -0.15) is 0 Å². The highest BCUT2D eigenvalue weighted by Crippen LogP contribution is 2.57. The minimum absolute atomic E-state index is 0.0932. The Bertz CT molecular complexity index is 403. The zero-order valence-electron chi connectivity index (χ0n) is 11.3. The SMILES string of the molecule is C=C1C[C@@H]2[C@@H](O)[C@H](C1)[C@@H]1[C@H]2[C@H](CO)CC(=C)C[C@@H]1O. The first-order valence-corrected chi connectivity index (χ1v) is 7.33. The predicted molar refractivity (Wildman–Crippen MR) is 73.3 cm³/mol. The number of allylic oxidation sites excluding steroid dienone is 1. The van der Waals surface area contributed by atoms with Gasteiger partial charge in [0.05, 0.1) is 12.2 Å². The van der Waals surface area contributed by atoms with Crippen LogP contribution in [0.2, 0.25) is 0 Å². The van der Waals surface area contributed by atoms with E-state index in [1.54, 1.807) is 0 Å². The van der Waals surface area contributed by atoms with Crippen LogP contribution in [0.3, 0.4) is 0 Å². The van der Waals surface area contributed by atoms with Gasteiger partial charge < -0.3 is 15.3 Å². The van der Waals surface area contributed by atoms with E-state index in [0.717, 1.165) is 24.8 Å². The molecule has 3 fully saturated rings. The molecule has 2 bridgehead atoms. The van der Waals surface area contributed by atoms with Crippen molar-refractivity contribution in [1.82, 2.24) is 0 Å². The smallest absolute Gasteiger partial charge is 0.0611 e. The van der Waals surface area contributed by atoms with E-state index >= 15 is 0 Å². The summed E-state index contributed by atoms with van der Waals surface area (Å²) >= 11 is 0. The molecule has 0 aromatic carbocycles. The molecule has 3 heteroatoms. The third-order valence-electron chi connectivity index (χ3n) is 5.63. The molecule has 0 amide bonds. The maximum Gasteiger partial charge on any atom is 0.0611 e. The molecule has 106 valence electrons. The van der Waals surface area contributed by atoms with Gasteiger partial charge in [0.2, 0.25) is 0 Å². The van der Waals surface area contributed by atoms with Crippen molar-refractivity contribution in [2.45, 2.75) is 37.9 Å². The molecule has 0 saturated heterocycles. The van der Waals surface area contributed by atoms with Gasteiger partial charge in [0.1, 0.15) is 0 Å². The quantitative estimate of drug-likeness (QED) is 0.629. The Morgan fingerprint density at radius 1 is 0.895 bits per heavy atom. The van der Waals surface area contributed by atoms with Crippen molar-refractivity contribution in [1.29, 1.82) is 0 Å². The molecule has 0 heterocycles. The number of rotatable bonds is 1. The second-order valence-electron chi connectivity index (χ2n) is 6.80. The lowest BCUT2D eigenvalue weighted by Crippen LogP contribution is -2.32. The van der Waals surface area contributed by atoms with Crippen molar-refractivity contribution >= 4 is 0 Å². The minimum Gasteiger partial charge on any atom is -0.396 e. The van der Waals surface area contributed by atoms with E-state index in [1.807, 2.05) is 0 Å². The Balaban J connectivity index is 1.99. The van der Waals surface area contributed by atoms with Crippen LogP contribution in [0.4, 0.5) is 0 Å². The van der Waals surface area contributed by atoms with E-state index in [9.17, 15) is 15.3 Å². The van der Waals surface area contributed by atoms with Crippen molar-refractivity contribution < 1.29 is 15.3 Å². The third-order valence-corrected chi connectivity index (χ3v) is 5.63. The highest BCUT2D eigenvalue weighted by Gasteiger charge is 2.57. The molecular weight excluding hydrogens is 240 g/mol. The Morgan fingerprint density at radius 2 is 1.47 bits per heavy atom. The van der Waals surface area contributed by atoms with Gasteiger partial charge in [-0.15, -0.1) is 0 Å². The maximum absolute atomic E-state index is 10.5. The molecule has 3 rings (SSSR count). The Labute approximate surface area is 114 Å². The number of hydrogen-bond donors (Lipinski definition) is 3. The second kappa shape index (κ2) is 4.72. The van der Waals surface area contributed by atoms with Gasteiger partial charge in [0.25, 0.3) is 0 Å². The Hall–Kier alpha value is -0.640. The lowest BCUT2D eigenvalue weighted by Gasteiger charge is -2.31. The van der Waals surface area contributed by atoms with Crippen LogP contribution in [0.15, 0.2) is 24.3 Å². The molecule has 0 unspecified atom stereocenters. The highest BCUT2D eigenvalue weighted by molar-refractivity contribution is 5.18. The summed E-state index contributed by atoms with van der Waals surface area (Å²) < 4.78 is 0. The standard InChI is InChI=1S/C16H24O3/c1-8-3-10(7-17)14-11-4-9(2)5-12(16(11)19)15(14)13(18)6-8/h10-19H,1-7H2/t10-,11-,12+,13-,14-,15-,16+/m0/s1. The summed E-state index contributed by atoms with van der Waals surface area (Å²) in [6, 6.07) is 0. The van der Waals surface area contributed by atoms with Gasteiger partial charge in [0, 0.05) is 6.61 Å². The summed E-state index contributed by atoms with van der Waals surface area (Å²) in [7, 11) is 0. The van der Waals surface area contributed by atoms with Crippen molar-refractivity contribution in [2.75, 3.05) is 6.61 Å². The molecule has 0 aromatic rings. The fourth-order valence-electron chi connectivity index (χ4n) is 5.02. The van der Waals surface area contributed by atoms with Crippen LogP contribution in [0, 0.1) is 29.6 Å². The lowest BCUT2D eigenvalue weighted by atomic mass is 9.76. The van der Waals surface area contributed by atoms with E-state index < -0.39 is 6.10 Å². The van der Waals surface area contributed by atoms with Crippen molar-refractivity contribution in [2.24, 2.45) is 29.6 Å². The van der Waals surface area contributed by atoms with Crippen LogP contribution in [-0.2, 0) is 0 Å². The number of aliphatic hydroxyl groups excluding tert-OH is 3. The van der Waals surface area contributed by atoms with E-state index in [0.29, 0.717) is 6.42 Å². The second-order valence-corrected chi connectivity index (χ2v) is 6.80. The highest BCUT2D eigenvalue weighted by atomic mass is 16.3. The molecule has 3 nitrogen and oxygen atoms in total. The first kappa shape index (κ1) is 13.3. The predicted octanol–water partition coefficient (Wildman–Crippen LogP) is 1.50. The molecule has 3 aliphatic carbocycles. The number of fused-ring (bicyclic) bond motifs is 5. The van der Waals surface area contributed by atoms with E-state index in [4.69, 9.17) is 0 Å². The van der Waals surface area contributed by atoms with Gasteiger partial charge in [-0.1, -0.05) is 24.3 Å². The normalized spacial score (nSPS) is 49.9. The lowest BCUT2D eigenvalue weighted by molar-refractivity contribution is 0.0312. The molecule has 3 saturated carbocycles. The summed E-state index contributed by atoms with van der Waals surface area (Å²) in [4.78, 5) is 0. The molecule has 0 spiro atoms. The Morgan fingerprint density at radius 3 is 2.11 bits per heavy atom. The molecule has 0 radical (unpaired) electrons. The minimum atomic E-state index is -0.426. The summed E-state index contributed by atoms with van der Waals surface area (Å²) in [6.45, 7) is 8.24. The zero-order valence-corrected chi connectivity index (χ0v) is 11.3. The molecular formula is C16H24O3. The molecule has 3 aliphatic rings. The summed E-state index contributed by atoms with van der Waals surface area (Å²) in [5.74, 6) is 0.708. The fourth-order valence-corrected chi connectivity index (χ4v) is 5.02. The van der Waals surface area contributed by atoms with Crippen molar-refractivity contribution in [3.63, 3.8) is 0 Å². The molecule has 0 aliphatic heterocycles. The first-order chi connectivity index (χ1) is 9.02. The first-order valence-electron chi connectivity index (χ1n) is 7.33. The molecule has 7 atom stereocenters. The monoisotopic (exact) mass is 264 g/mol. The van der Waals surface area contributed by atoms with Crippen LogP contribution < -0.4 is 0 Å². The summed E-state index contributed by atoms with van der Waals surface area (Å²) in [5, 5.41) is 30.7. The van der Waals surface area contributed by atoms with Gasteiger partial charge in [-0.3, -0.25) is 0 Å². The third kappa shape index (κ3) is 1.99. The van der Waals surface area contributed by atoms with Gasteiger partial charge in [-0.05, 0) is 55.3 Å². The maximum atomic E-state index is 10.5. The van der Waals surface area contributed by atoms with Crippen LogP contribution >= 0.6 is 0 Å². The van der Waals surface area contributed by atoms with Crippen molar-refractivity contribution in [3.8, 4) is 0 Å². The van der Waals surface area contributed by atoms with Gasteiger partial charge >= 0.3 is 0 Å². The van der Waals surface area contributed by atoms with E-state index in [-0.39, 0.29) is 42.3 Å². The van der Waals surface area contributed by atoms with E-state index in [1.165, 1.54) is 5.57 Å².